The van der Waals surface area contributed by atoms with Crippen LogP contribution in [0.15, 0.2) is 24.5 Å². The van der Waals surface area contributed by atoms with Gasteiger partial charge in [0.15, 0.2) is 0 Å². The summed E-state index contributed by atoms with van der Waals surface area (Å²) in [4.78, 5) is 37.4. The zero-order valence-electron chi connectivity index (χ0n) is 11.5. The third kappa shape index (κ3) is 6.37. The van der Waals surface area contributed by atoms with E-state index in [1.807, 2.05) is 12.1 Å². The van der Waals surface area contributed by atoms with Crippen LogP contribution in [-0.4, -0.2) is 47.8 Å². The van der Waals surface area contributed by atoms with Crippen molar-refractivity contribution < 1.29 is 24.2 Å². The number of urea groups is 1. The number of esters is 1. The molecular formula is C13H17N3O5. The van der Waals surface area contributed by atoms with Gasteiger partial charge >= 0.3 is 18.0 Å². The maximum atomic E-state index is 11.6. The van der Waals surface area contributed by atoms with Gasteiger partial charge in [-0.15, -0.1) is 0 Å². The Kier molecular flexibility index (Phi) is 6.66. The Morgan fingerprint density at radius 3 is 2.57 bits per heavy atom. The van der Waals surface area contributed by atoms with Gasteiger partial charge in [0.25, 0.3) is 0 Å². The number of carbonyl (C=O) groups excluding carboxylic acids is 2. The van der Waals surface area contributed by atoms with Crippen LogP contribution in [0.25, 0.3) is 0 Å². The van der Waals surface area contributed by atoms with Gasteiger partial charge in [-0.3, -0.25) is 9.78 Å². The molecule has 8 heteroatoms. The van der Waals surface area contributed by atoms with E-state index in [1.54, 1.807) is 12.4 Å². The highest BCUT2D eigenvalue weighted by Gasteiger charge is 2.23. The lowest BCUT2D eigenvalue weighted by Crippen LogP contribution is -2.47. The molecule has 2 amide bonds. The highest BCUT2D eigenvalue weighted by molar-refractivity contribution is 5.86. The zero-order valence-corrected chi connectivity index (χ0v) is 11.5. The number of hydrogen-bond acceptors (Lipinski definition) is 5. The highest BCUT2D eigenvalue weighted by Crippen LogP contribution is 1.97. The molecule has 114 valence electrons. The fourth-order valence-electron chi connectivity index (χ4n) is 1.53. The van der Waals surface area contributed by atoms with Gasteiger partial charge in [0.2, 0.25) is 0 Å². The van der Waals surface area contributed by atoms with Crippen LogP contribution in [0.3, 0.4) is 0 Å². The standard InChI is InChI=1S/C13H17N3O5/c1-21-11(17)8-10(12(18)19)16-13(20)15-7-4-9-2-5-14-6-3-9/h2-3,5-6,10H,4,7-8H2,1H3,(H,18,19)(H2,15,16,20)/t10-/m0/s1. The van der Waals surface area contributed by atoms with Crippen molar-refractivity contribution in [1.82, 2.24) is 15.6 Å². The van der Waals surface area contributed by atoms with Crippen LogP contribution in [0.5, 0.6) is 0 Å². The summed E-state index contributed by atoms with van der Waals surface area (Å²) in [5, 5.41) is 13.6. The molecule has 0 saturated heterocycles. The number of carboxylic acids is 1. The summed E-state index contributed by atoms with van der Waals surface area (Å²) in [6, 6.07) is 1.66. The summed E-state index contributed by atoms with van der Waals surface area (Å²) in [6.45, 7) is 0.334. The first kappa shape index (κ1) is 16.4. The van der Waals surface area contributed by atoms with Crippen molar-refractivity contribution in [3.05, 3.63) is 30.1 Å². The largest absolute Gasteiger partial charge is 0.480 e. The maximum Gasteiger partial charge on any atom is 0.326 e. The molecule has 1 aromatic heterocycles. The van der Waals surface area contributed by atoms with Crippen LogP contribution in [-0.2, 0) is 20.7 Å². The van der Waals surface area contributed by atoms with E-state index in [0.717, 1.165) is 12.7 Å². The number of aliphatic carboxylic acids is 1. The predicted molar refractivity (Wildman–Crippen MR) is 72.5 cm³/mol. The lowest BCUT2D eigenvalue weighted by molar-refractivity contribution is -0.147. The molecule has 0 aliphatic rings. The van der Waals surface area contributed by atoms with Crippen LogP contribution in [0.1, 0.15) is 12.0 Å². The summed E-state index contributed by atoms with van der Waals surface area (Å²) in [5.41, 5.74) is 0.995. The van der Waals surface area contributed by atoms with E-state index in [0.29, 0.717) is 13.0 Å². The molecule has 0 aliphatic carbocycles. The van der Waals surface area contributed by atoms with Crippen molar-refractivity contribution >= 4 is 18.0 Å². The summed E-state index contributed by atoms with van der Waals surface area (Å²) in [7, 11) is 1.15. The van der Waals surface area contributed by atoms with Crippen LogP contribution in [0.2, 0.25) is 0 Å². The summed E-state index contributed by atoms with van der Waals surface area (Å²) >= 11 is 0. The number of carboxylic acid groups (broad SMARTS) is 1. The summed E-state index contributed by atoms with van der Waals surface area (Å²) in [6.07, 6.45) is 3.45. The average Bonchev–Trinajstić information content (AvgIpc) is 2.47. The predicted octanol–water partition coefficient (Wildman–Crippen LogP) is -0.0604. The molecule has 0 aromatic carbocycles. The minimum atomic E-state index is -1.32. The van der Waals surface area contributed by atoms with Crippen molar-refractivity contribution in [2.45, 2.75) is 18.9 Å². The van der Waals surface area contributed by atoms with E-state index in [9.17, 15) is 14.4 Å². The molecule has 3 N–H and O–H groups in total. The molecule has 1 heterocycles. The quantitative estimate of drug-likeness (QED) is 0.607. The van der Waals surface area contributed by atoms with Crippen molar-refractivity contribution in [1.29, 1.82) is 0 Å². The third-order valence-corrected chi connectivity index (χ3v) is 2.65. The van der Waals surface area contributed by atoms with Gasteiger partial charge in [-0.25, -0.2) is 9.59 Å². The van der Waals surface area contributed by atoms with Crippen LogP contribution in [0, 0.1) is 0 Å². The number of amides is 2. The van der Waals surface area contributed by atoms with E-state index in [4.69, 9.17) is 5.11 Å². The van der Waals surface area contributed by atoms with Crippen molar-refractivity contribution in [3.8, 4) is 0 Å². The van der Waals surface area contributed by atoms with E-state index in [2.05, 4.69) is 20.4 Å². The fraction of sp³-hybridized carbons (Fsp3) is 0.385. The van der Waals surface area contributed by atoms with Gasteiger partial charge in [-0.05, 0) is 24.1 Å². The SMILES string of the molecule is COC(=O)C[C@H](NC(=O)NCCc1ccncc1)C(=O)O. The molecule has 0 fully saturated rings. The monoisotopic (exact) mass is 295 g/mol. The first-order chi connectivity index (χ1) is 10.0. The number of carbonyl (C=O) groups is 3. The first-order valence-electron chi connectivity index (χ1n) is 6.26. The molecule has 1 aromatic rings. The molecule has 0 aliphatic heterocycles. The number of hydrogen-bond donors (Lipinski definition) is 3. The molecule has 1 atom stereocenters. The van der Waals surface area contributed by atoms with Crippen LogP contribution in [0.4, 0.5) is 4.79 Å². The third-order valence-electron chi connectivity index (χ3n) is 2.65. The lowest BCUT2D eigenvalue weighted by atomic mass is 10.2. The first-order valence-corrected chi connectivity index (χ1v) is 6.26. The number of pyridine rings is 1. The van der Waals surface area contributed by atoms with Gasteiger partial charge in [-0.2, -0.15) is 0 Å². The topological polar surface area (TPSA) is 118 Å². The minimum absolute atomic E-state index is 0.334. The van der Waals surface area contributed by atoms with Gasteiger partial charge in [0.05, 0.1) is 13.5 Å². The number of rotatable bonds is 7. The van der Waals surface area contributed by atoms with Crippen molar-refractivity contribution in [2.24, 2.45) is 0 Å². The molecule has 1 rings (SSSR count). The molecule has 21 heavy (non-hydrogen) atoms. The van der Waals surface area contributed by atoms with Gasteiger partial charge in [0.1, 0.15) is 6.04 Å². The Labute approximate surface area is 121 Å². The van der Waals surface area contributed by atoms with E-state index < -0.39 is 30.4 Å². The second kappa shape index (κ2) is 8.51. The lowest BCUT2D eigenvalue weighted by Gasteiger charge is -2.14. The summed E-state index contributed by atoms with van der Waals surface area (Å²) < 4.78 is 4.37. The maximum absolute atomic E-state index is 11.6. The summed E-state index contributed by atoms with van der Waals surface area (Å²) in [5.74, 6) is -2.01. The minimum Gasteiger partial charge on any atom is -0.480 e. The number of nitrogens with zero attached hydrogens (tertiary/aromatic N) is 1. The molecule has 0 saturated carbocycles. The van der Waals surface area contributed by atoms with Gasteiger partial charge in [0, 0.05) is 18.9 Å². The number of methoxy groups -OCH3 is 1. The highest BCUT2D eigenvalue weighted by atomic mass is 16.5. The van der Waals surface area contributed by atoms with Crippen LogP contribution >= 0.6 is 0 Å². The van der Waals surface area contributed by atoms with Crippen molar-refractivity contribution in [3.63, 3.8) is 0 Å². The Hall–Kier alpha value is -2.64. The Bertz CT molecular complexity index is 492. The van der Waals surface area contributed by atoms with Crippen molar-refractivity contribution in [2.75, 3.05) is 13.7 Å². The van der Waals surface area contributed by atoms with Crippen LogP contribution < -0.4 is 10.6 Å². The normalized spacial score (nSPS) is 11.3. The molecule has 8 nitrogen and oxygen atoms in total. The molecule has 0 radical (unpaired) electrons. The second-order valence-electron chi connectivity index (χ2n) is 4.18. The van der Waals surface area contributed by atoms with Gasteiger partial charge < -0.3 is 20.5 Å². The van der Waals surface area contributed by atoms with E-state index >= 15 is 0 Å². The molecule has 0 bridgehead atoms. The van der Waals surface area contributed by atoms with E-state index in [-0.39, 0.29) is 0 Å². The number of ether oxygens (including phenoxy) is 1. The molecule has 0 unspecified atom stereocenters. The molecular weight excluding hydrogens is 278 g/mol. The zero-order chi connectivity index (χ0) is 15.7. The smallest absolute Gasteiger partial charge is 0.326 e. The number of aromatic nitrogens is 1. The second-order valence-corrected chi connectivity index (χ2v) is 4.18. The fourth-order valence-corrected chi connectivity index (χ4v) is 1.53. The Morgan fingerprint density at radius 1 is 1.33 bits per heavy atom. The molecule has 0 spiro atoms. The average molecular weight is 295 g/mol. The van der Waals surface area contributed by atoms with E-state index in [1.165, 1.54) is 0 Å². The van der Waals surface area contributed by atoms with Gasteiger partial charge in [-0.1, -0.05) is 0 Å². The Morgan fingerprint density at radius 2 is 2.00 bits per heavy atom. The Balaban J connectivity index is 2.36. The number of nitrogens with one attached hydrogen (secondary N) is 2.